The van der Waals surface area contributed by atoms with Crippen molar-refractivity contribution in [2.75, 3.05) is 12.4 Å². The van der Waals surface area contributed by atoms with Crippen molar-refractivity contribution >= 4 is 22.5 Å². The predicted molar refractivity (Wildman–Crippen MR) is 142 cm³/mol. The molecule has 0 fully saturated rings. The molecule has 2 heterocycles. The summed E-state index contributed by atoms with van der Waals surface area (Å²) >= 11 is 0. The highest BCUT2D eigenvalue weighted by atomic mass is 16.5. The first kappa shape index (κ1) is 24.7. The molecule has 10 nitrogen and oxygen atoms in total. The van der Waals surface area contributed by atoms with Crippen LogP contribution in [0.2, 0.25) is 0 Å². The smallest absolute Gasteiger partial charge is 0.332 e. The molecule has 1 N–H and O–H groups in total. The summed E-state index contributed by atoms with van der Waals surface area (Å²) in [5.74, 6) is 0.678. The number of methoxy groups -OCH3 is 1. The molecule has 0 saturated heterocycles. The highest BCUT2D eigenvalue weighted by Gasteiger charge is 2.18. The van der Waals surface area contributed by atoms with Crippen molar-refractivity contribution < 1.29 is 14.1 Å². The van der Waals surface area contributed by atoms with E-state index < -0.39 is 17.2 Å². The van der Waals surface area contributed by atoms with Crippen LogP contribution in [0.3, 0.4) is 0 Å². The number of fused-ring (bicyclic) bond motifs is 1. The van der Waals surface area contributed by atoms with Crippen molar-refractivity contribution in [3.8, 4) is 17.1 Å². The molecule has 0 aliphatic carbocycles. The minimum absolute atomic E-state index is 0.0802. The van der Waals surface area contributed by atoms with Crippen LogP contribution < -0.4 is 21.3 Å². The Kier molecular flexibility index (Phi) is 6.61. The van der Waals surface area contributed by atoms with Crippen LogP contribution in [-0.4, -0.2) is 32.3 Å². The molecule has 0 unspecified atom stereocenters. The Morgan fingerprint density at radius 2 is 1.76 bits per heavy atom. The van der Waals surface area contributed by atoms with Gasteiger partial charge in [0.15, 0.2) is 0 Å². The molecule has 38 heavy (non-hydrogen) atoms. The largest absolute Gasteiger partial charge is 0.497 e. The first-order chi connectivity index (χ1) is 18.3. The van der Waals surface area contributed by atoms with Crippen molar-refractivity contribution in [1.82, 2.24) is 19.3 Å². The van der Waals surface area contributed by atoms with E-state index >= 15 is 0 Å². The Balaban J connectivity index is 1.48. The Morgan fingerprint density at radius 3 is 2.50 bits per heavy atom. The van der Waals surface area contributed by atoms with Crippen LogP contribution in [0, 0.1) is 13.8 Å². The quantitative estimate of drug-likeness (QED) is 0.355. The minimum Gasteiger partial charge on any atom is -0.497 e. The Labute approximate surface area is 217 Å². The second kappa shape index (κ2) is 10.2. The van der Waals surface area contributed by atoms with E-state index in [1.54, 1.807) is 55.6 Å². The monoisotopic (exact) mass is 511 g/mol. The van der Waals surface area contributed by atoms with Crippen molar-refractivity contribution in [2.45, 2.75) is 26.9 Å². The number of para-hydroxylation sites is 1. The van der Waals surface area contributed by atoms with Gasteiger partial charge in [-0.15, -0.1) is 0 Å². The van der Waals surface area contributed by atoms with Gasteiger partial charge in [-0.25, -0.2) is 4.79 Å². The Hall–Kier alpha value is -4.99. The normalized spacial score (nSPS) is 11.0. The number of nitrogens with zero attached hydrogens (tertiary/aromatic N) is 4. The van der Waals surface area contributed by atoms with Gasteiger partial charge in [-0.1, -0.05) is 35.0 Å². The molecule has 0 saturated carbocycles. The first-order valence-corrected chi connectivity index (χ1v) is 11.9. The number of benzene rings is 3. The highest BCUT2D eigenvalue weighted by molar-refractivity contribution is 5.92. The van der Waals surface area contributed by atoms with Crippen LogP contribution in [0.25, 0.3) is 22.3 Å². The molecular weight excluding hydrogens is 486 g/mol. The number of amides is 1. The van der Waals surface area contributed by atoms with Gasteiger partial charge in [0.1, 0.15) is 18.8 Å². The minimum atomic E-state index is -0.659. The van der Waals surface area contributed by atoms with Crippen molar-refractivity contribution in [3.63, 3.8) is 0 Å². The number of rotatable bonds is 7. The van der Waals surface area contributed by atoms with Crippen LogP contribution in [0.1, 0.15) is 17.0 Å². The number of aryl methyl sites for hydroxylation is 2. The van der Waals surface area contributed by atoms with Crippen molar-refractivity contribution in [1.29, 1.82) is 0 Å². The van der Waals surface area contributed by atoms with Gasteiger partial charge in [-0.3, -0.25) is 18.7 Å². The van der Waals surface area contributed by atoms with Crippen molar-refractivity contribution in [2.24, 2.45) is 0 Å². The van der Waals surface area contributed by atoms with Gasteiger partial charge in [0.25, 0.3) is 5.56 Å². The molecule has 0 aliphatic rings. The summed E-state index contributed by atoms with van der Waals surface area (Å²) in [6, 6.07) is 19.4. The zero-order valence-electron chi connectivity index (χ0n) is 21.1. The van der Waals surface area contributed by atoms with E-state index in [1.165, 1.54) is 4.57 Å². The second-order valence-electron chi connectivity index (χ2n) is 8.88. The number of hydrogen-bond donors (Lipinski definition) is 1. The standard InChI is InChI=1S/C28H25N5O5/c1-17-8-13-22(18(2)14-17)29-24(34)15-32-23-7-5-4-6-21(23)27(35)33(28(32)36)16-25-30-26(31-38-25)19-9-11-20(37-3)12-10-19/h4-14H,15-16H2,1-3H3,(H,29,34). The van der Waals surface area contributed by atoms with Gasteiger partial charge in [0.05, 0.1) is 18.0 Å². The van der Waals surface area contributed by atoms with Crippen LogP contribution >= 0.6 is 0 Å². The van der Waals surface area contributed by atoms with E-state index in [9.17, 15) is 14.4 Å². The van der Waals surface area contributed by atoms with E-state index in [1.807, 2.05) is 32.0 Å². The van der Waals surface area contributed by atoms with E-state index in [2.05, 4.69) is 15.5 Å². The number of carbonyl (C=O) groups is 1. The molecule has 0 bridgehead atoms. The SMILES string of the molecule is COc1ccc(-c2noc(Cn3c(=O)c4ccccc4n(CC(=O)Nc4ccc(C)cc4C)c3=O)n2)cc1. The number of hydrogen-bond acceptors (Lipinski definition) is 7. The molecule has 5 aromatic rings. The molecule has 192 valence electrons. The maximum atomic E-state index is 13.5. The summed E-state index contributed by atoms with van der Waals surface area (Å²) in [5, 5.41) is 7.12. The molecule has 2 aromatic heterocycles. The van der Waals surface area contributed by atoms with E-state index in [-0.39, 0.29) is 19.0 Å². The molecular formula is C28H25N5O5. The van der Waals surface area contributed by atoms with Gasteiger partial charge in [0, 0.05) is 11.3 Å². The maximum absolute atomic E-state index is 13.5. The van der Waals surface area contributed by atoms with E-state index in [0.717, 1.165) is 15.7 Å². The molecule has 1 amide bonds. The third kappa shape index (κ3) is 4.83. The van der Waals surface area contributed by atoms with E-state index in [4.69, 9.17) is 9.26 Å². The second-order valence-corrected chi connectivity index (χ2v) is 8.88. The summed E-state index contributed by atoms with van der Waals surface area (Å²) in [4.78, 5) is 44.1. The maximum Gasteiger partial charge on any atom is 0.332 e. The number of ether oxygens (including phenoxy) is 1. The molecule has 0 radical (unpaired) electrons. The Bertz CT molecular complexity index is 1770. The molecule has 0 spiro atoms. The molecule has 5 rings (SSSR count). The lowest BCUT2D eigenvalue weighted by Gasteiger charge is -2.14. The molecule has 3 aromatic carbocycles. The molecule has 0 aliphatic heterocycles. The van der Waals surface area contributed by atoms with Crippen molar-refractivity contribution in [3.05, 3.63) is 105 Å². The summed E-state index contributed by atoms with van der Waals surface area (Å²) in [7, 11) is 1.57. The van der Waals surface area contributed by atoms with Crippen LogP contribution in [-0.2, 0) is 17.9 Å². The van der Waals surface area contributed by atoms with Crippen LogP contribution in [0.5, 0.6) is 5.75 Å². The summed E-state index contributed by atoms with van der Waals surface area (Å²) < 4.78 is 12.8. The average Bonchev–Trinajstić information content (AvgIpc) is 3.39. The van der Waals surface area contributed by atoms with E-state index in [0.29, 0.717) is 33.7 Å². The fourth-order valence-corrected chi connectivity index (χ4v) is 4.26. The summed E-state index contributed by atoms with van der Waals surface area (Å²) in [6.07, 6.45) is 0. The van der Waals surface area contributed by atoms with Gasteiger partial charge in [-0.05, 0) is 61.9 Å². The lowest BCUT2D eigenvalue weighted by molar-refractivity contribution is -0.116. The lowest BCUT2D eigenvalue weighted by Crippen LogP contribution is -2.42. The lowest BCUT2D eigenvalue weighted by atomic mass is 10.1. The van der Waals surface area contributed by atoms with Crippen LogP contribution in [0.15, 0.2) is 80.8 Å². The summed E-state index contributed by atoms with van der Waals surface area (Å²) in [5.41, 5.74) is 2.51. The highest BCUT2D eigenvalue weighted by Crippen LogP contribution is 2.20. The fraction of sp³-hybridized carbons (Fsp3) is 0.179. The zero-order valence-corrected chi connectivity index (χ0v) is 21.1. The summed E-state index contributed by atoms with van der Waals surface area (Å²) in [6.45, 7) is 3.34. The number of nitrogens with one attached hydrogen (secondary N) is 1. The first-order valence-electron chi connectivity index (χ1n) is 11.9. The average molecular weight is 512 g/mol. The topological polar surface area (TPSA) is 121 Å². The third-order valence-corrected chi connectivity index (χ3v) is 6.20. The zero-order chi connectivity index (χ0) is 26.8. The predicted octanol–water partition coefficient (Wildman–Crippen LogP) is 3.53. The number of aromatic nitrogens is 4. The fourth-order valence-electron chi connectivity index (χ4n) is 4.26. The Morgan fingerprint density at radius 1 is 1.00 bits per heavy atom. The number of carbonyl (C=O) groups excluding carboxylic acids is 1. The van der Waals surface area contributed by atoms with Gasteiger partial charge < -0.3 is 14.6 Å². The van der Waals surface area contributed by atoms with Gasteiger partial charge in [0.2, 0.25) is 17.6 Å². The third-order valence-electron chi connectivity index (χ3n) is 6.20. The molecule has 0 atom stereocenters. The number of anilines is 1. The van der Waals surface area contributed by atoms with Gasteiger partial charge >= 0.3 is 5.69 Å². The molecule has 10 heteroatoms. The van der Waals surface area contributed by atoms with Crippen LogP contribution in [0.4, 0.5) is 5.69 Å². The van der Waals surface area contributed by atoms with Gasteiger partial charge in [-0.2, -0.15) is 4.98 Å².